The van der Waals surface area contributed by atoms with Gasteiger partial charge in [-0.15, -0.1) is 0 Å². The van der Waals surface area contributed by atoms with Gasteiger partial charge in [0.25, 0.3) is 5.56 Å². The zero-order chi connectivity index (χ0) is 14.3. The van der Waals surface area contributed by atoms with Gasteiger partial charge in [0.05, 0.1) is 0 Å². The van der Waals surface area contributed by atoms with Crippen LogP contribution in [0.25, 0.3) is 0 Å². The first-order chi connectivity index (χ1) is 9.60. The quantitative estimate of drug-likeness (QED) is 0.874. The van der Waals surface area contributed by atoms with E-state index in [9.17, 15) is 4.79 Å². The average molecular weight is 276 g/mol. The van der Waals surface area contributed by atoms with Crippen LogP contribution in [0.4, 0.5) is 5.82 Å². The third-order valence-corrected chi connectivity index (χ3v) is 4.72. The van der Waals surface area contributed by atoms with E-state index in [1.54, 1.807) is 6.07 Å². The molecule has 2 fully saturated rings. The summed E-state index contributed by atoms with van der Waals surface area (Å²) in [7, 11) is 0. The molecule has 1 aromatic heterocycles. The molecule has 0 bridgehead atoms. The lowest BCUT2D eigenvalue weighted by molar-refractivity contribution is 0.441. The zero-order valence-electron chi connectivity index (χ0n) is 12.5. The number of H-pyrrole nitrogens is 1. The summed E-state index contributed by atoms with van der Waals surface area (Å²) in [6.07, 6.45) is 1.11. The second kappa shape index (κ2) is 5.20. The number of hydrogen-bond acceptors (Lipinski definition) is 4. The number of fused-ring (bicyclic) bond motifs is 1. The molecular weight excluding hydrogens is 252 g/mol. The van der Waals surface area contributed by atoms with Crippen LogP contribution in [0.15, 0.2) is 10.9 Å². The number of aromatic nitrogens is 2. The van der Waals surface area contributed by atoms with Crippen molar-refractivity contribution >= 4 is 5.82 Å². The summed E-state index contributed by atoms with van der Waals surface area (Å²) >= 11 is 0. The molecule has 110 valence electrons. The Kier molecular flexibility index (Phi) is 3.54. The van der Waals surface area contributed by atoms with Crippen molar-refractivity contribution in [2.24, 2.45) is 11.8 Å². The van der Waals surface area contributed by atoms with E-state index in [1.165, 1.54) is 0 Å². The van der Waals surface area contributed by atoms with Gasteiger partial charge in [-0.3, -0.25) is 4.79 Å². The second-order valence-electron chi connectivity index (χ2n) is 6.35. The van der Waals surface area contributed by atoms with Crippen LogP contribution in [-0.4, -0.2) is 35.6 Å². The first kappa shape index (κ1) is 13.6. The molecule has 3 rings (SSSR count). The van der Waals surface area contributed by atoms with Crippen molar-refractivity contribution in [2.75, 3.05) is 24.5 Å². The Morgan fingerprint density at radius 3 is 2.95 bits per heavy atom. The minimum atomic E-state index is -0.0382. The van der Waals surface area contributed by atoms with Crippen LogP contribution < -0.4 is 15.8 Å². The van der Waals surface area contributed by atoms with Crippen molar-refractivity contribution in [3.8, 4) is 0 Å². The molecule has 1 aromatic rings. The summed E-state index contributed by atoms with van der Waals surface area (Å²) < 4.78 is 0. The summed E-state index contributed by atoms with van der Waals surface area (Å²) in [5, 5.41) is 3.49. The minimum Gasteiger partial charge on any atom is -0.353 e. The maximum atomic E-state index is 11.9. The molecule has 5 nitrogen and oxygen atoms in total. The number of nitrogens with one attached hydrogen (secondary N) is 2. The van der Waals surface area contributed by atoms with E-state index < -0.39 is 0 Å². The van der Waals surface area contributed by atoms with Crippen LogP contribution in [0.1, 0.15) is 38.9 Å². The van der Waals surface area contributed by atoms with Gasteiger partial charge in [0.2, 0.25) is 0 Å². The van der Waals surface area contributed by atoms with Crippen molar-refractivity contribution in [2.45, 2.75) is 39.2 Å². The highest BCUT2D eigenvalue weighted by atomic mass is 16.1. The zero-order valence-corrected chi connectivity index (χ0v) is 12.5. The lowest BCUT2D eigenvalue weighted by Crippen LogP contribution is -2.36. The highest BCUT2D eigenvalue weighted by molar-refractivity contribution is 5.42. The Morgan fingerprint density at radius 1 is 1.45 bits per heavy atom. The first-order valence-electron chi connectivity index (χ1n) is 7.68. The van der Waals surface area contributed by atoms with Crippen LogP contribution in [0.3, 0.4) is 0 Å². The molecule has 3 atom stereocenters. The Hall–Kier alpha value is -1.36. The SMILES string of the molecule is CCC1C2CNCC2CN1c1cc(=O)[nH]c(C(C)C)n1. The maximum absolute atomic E-state index is 11.9. The molecule has 3 unspecified atom stereocenters. The molecule has 20 heavy (non-hydrogen) atoms. The maximum Gasteiger partial charge on any atom is 0.252 e. The van der Waals surface area contributed by atoms with E-state index in [4.69, 9.17) is 4.98 Å². The monoisotopic (exact) mass is 276 g/mol. The van der Waals surface area contributed by atoms with E-state index in [-0.39, 0.29) is 11.5 Å². The third kappa shape index (κ3) is 2.24. The van der Waals surface area contributed by atoms with Crippen molar-refractivity contribution < 1.29 is 0 Å². The number of anilines is 1. The van der Waals surface area contributed by atoms with Gasteiger partial charge in [0.1, 0.15) is 11.6 Å². The van der Waals surface area contributed by atoms with E-state index in [1.807, 2.05) is 0 Å². The van der Waals surface area contributed by atoms with Crippen LogP contribution in [-0.2, 0) is 0 Å². The molecule has 0 amide bonds. The lowest BCUT2D eigenvalue weighted by Gasteiger charge is -2.28. The summed E-state index contributed by atoms with van der Waals surface area (Å²) in [5.41, 5.74) is -0.0382. The van der Waals surface area contributed by atoms with Gasteiger partial charge in [0.15, 0.2) is 0 Å². The topological polar surface area (TPSA) is 61.0 Å². The normalized spacial score (nSPS) is 29.2. The van der Waals surface area contributed by atoms with E-state index in [0.29, 0.717) is 17.9 Å². The fourth-order valence-electron chi connectivity index (χ4n) is 3.69. The number of rotatable bonds is 3. The molecule has 0 spiro atoms. The summed E-state index contributed by atoms with van der Waals surface area (Å²) in [4.78, 5) is 21.8. The molecule has 3 heterocycles. The number of nitrogens with zero attached hydrogens (tertiary/aromatic N) is 2. The molecule has 2 aliphatic heterocycles. The lowest BCUT2D eigenvalue weighted by atomic mass is 9.93. The Bertz CT molecular complexity index is 539. The number of aromatic amines is 1. The van der Waals surface area contributed by atoms with Crippen LogP contribution in [0.5, 0.6) is 0 Å². The Balaban J connectivity index is 1.94. The molecule has 0 radical (unpaired) electrons. The van der Waals surface area contributed by atoms with Gasteiger partial charge < -0.3 is 15.2 Å². The second-order valence-corrected chi connectivity index (χ2v) is 6.35. The van der Waals surface area contributed by atoms with Gasteiger partial charge in [-0.1, -0.05) is 20.8 Å². The molecule has 2 aliphatic rings. The van der Waals surface area contributed by atoms with E-state index in [2.05, 4.69) is 36.0 Å². The molecule has 0 aliphatic carbocycles. The molecule has 5 heteroatoms. The van der Waals surface area contributed by atoms with Crippen LogP contribution in [0.2, 0.25) is 0 Å². The smallest absolute Gasteiger partial charge is 0.252 e. The largest absolute Gasteiger partial charge is 0.353 e. The van der Waals surface area contributed by atoms with Crippen molar-refractivity contribution in [3.05, 3.63) is 22.2 Å². The van der Waals surface area contributed by atoms with Crippen LogP contribution in [0, 0.1) is 11.8 Å². The highest BCUT2D eigenvalue weighted by Crippen LogP contribution is 2.36. The molecule has 2 saturated heterocycles. The van der Waals surface area contributed by atoms with E-state index in [0.717, 1.165) is 37.7 Å². The first-order valence-corrected chi connectivity index (χ1v) is 7.68. The molecular formula is C15H24N4O. The van der Waals surface area contributed by atoms with Gasteiger partial charge in [-0.2, -0.15) is 0 Å². The molecule has 2 N–H and O–H groups in total. The number of hydrogen-bond donors (Lipinski definition) is 2. The summed E-state index contributed by atoms with van der Waals surface area (Å²) in [6, 6.07) is 2.16. The summed E-state index contributed by atoms with van der Waals surface area (Å²) in [6.45, 7) is 9.56. The van der Waals surface area contributed by atoms with Crippen molar-refractivity contribution in [3.63, 3.8) is 0 Å². The minimum absolute atomic E-state index is 0.0382. The fourth-order valence-corrected chi connectivity index (χ4v) is 3.69. The predicted octanol–water partition coefficient (Wildman–Crippen LogP) is 1.33. The summed E-state index contributed by atoms with van der Waals surface area (Å²) in [5.74, 6) is 3.29. The molecule has 0 aromatic carbocycles. The van der Waals surface area contributed by atoms with Crippen molar-refractivity contribution in [1.82, 2.24) is 15.3 Å². The van der Waals surface area contributed by atoms with E-state index >= 15 is 0 Å². The average Bonchev–Trinajstić information content (AvgIpc) is 2.97. The fraction of sp³-hybridized carbons (Fsp3) is 0.733. The van der Waals surface area contributed by atoms with Gasteiger partial charge in [-0.05, 0) is 18.3 Å². The highest BCUT2D eigenvalue weighted by Gasteiger charge is 2.43. The van der Waals surface area contributed by atoms with Gasteiger partial charge >= 0.3 is 0 Å². The molecule has 0 saturated carbocycles. The standard InChI is InChI=1S/C15H24N4O/c1-4-12-11-7-16-6-10(11)8-19(12)13-5-14(20)18-15(17-13)9(2)3/h5,9-12,16H,4,6-8H2,1-3H3,(H,17,18,20). The van der Waals surface area contributed by atoms with Gasteiger partial charge in [-0.25, -0.2) is 4.98 Å². The Morgan fingerprint density at radius 2 is 2.25 bits per heavy atom. The van der Waals surface area contributed by atoms with Gasteiger partial charge in [0, 0.05) is 37.7 Å². The Labute approximate surface area is 119 Å². The van der Waals surface area contributed by atoms with Crippen LogP contribution >= 0.6 is 0 Å². The van der Waals surface area contributed by atoms with Crippen molar-refractivity contribution in [1.29, 1.82) is 0 Å². The predicted molar refractivity (Wildman–Crippen MR) is 80.2 cm³/mol. The third-order valence-electron chi connectivity index (χ3n) is 4.72.